The first kappa shape index (κ1) is 6.60. The van der Waals surface area contributed by atoms with Crippen LogP contribution >= 0.6 is 0 Å². The molecule has 0 N–H and O–H groups in total. The zero-order chi connectivity index (χ0) is 6.53. The van der Waals surface area contributed by atoms with E-state index in [9.17, 15) is 0 Å². The fourth-order valence-electron chi connectivity index (χ4n) is 0.845. The van der Waals surface area contributed by atoms with E-state index < -0.39 is 0 Å². The van der Waals surface area contributed by atoms with E-state index in [-0.39, 0.29) is 0 Å². The Kier molecular flexibility index (Phi) is 2.56. The summed E-state index contributed by atoms with van der Waals surface area (Å²) in [5.41, 5.74) is 1.67. The summed E-state index contributed by atoms with van der Waals surface area (Å²) < 4.78 is 0. The number of hydrogen-bond acceptors (Lipinski definition) is 0. The molecule has 0 amide bonds. The Morgan fingerprint density at radius 3 is 2.67 bits per heavy atom. The summed E-state index contributed by atoms with van der Waals surface area (Å²) in [5, 5.41) is 0. The van der Waals surface area contributed by atoms with Crippen LogP contribution in [0.25, 0.3) is 0 Å². The zero-order valence-corrected chi connectivity index (χ0v) is 5.90. The molecule has 1 saturated carbocycles. The van der Waals surface area contributed by atoms with E-state index in [1.54, 1.807) is 5.57 Å². The maximum Gasteiger partial charge on any atom is -0.0283 e. The summed E-state index contributed by atoms with van der Waals surface area (Å²) in [4.78, 5) is 0. The minimum atomic E-state index is 1.17. The van der Waals surface area contributed by atoms with Crippen molar-refractivity contribution in [1.29, 1.82) is 0 Å². The van der Waals surface area contributed by atoms with Crippen molar-refractivity contribution in [2.45, 2.75) is 32.1 Å². The van der Waals surface area contributed by atoms with Crippen molar-refractivity contribution in [2.75, 3.05) is 0 Å². The van der Waals surface area contributed by atoms with Crippen LogP contribution in [0.1, 0.15) is 32.1 Å². The third-order valence-electron chi connectivity index (χ3n) is 1.58. The molecule has 0 aromatic heterocycles. The normalized spacial score (nSPS) is 15.3. The fourth-order valence-corrected chi connectivity index (χ4v) is 0.845. The average molecular weight is 122 g/mol. The molecule has 0 heterocycles. The van der Waals surface area contributed by atoms with Crippen molar-refractivity contribution in [3.8, 4) is 0 Å². The minimum Gasteiger partial charge on any atom is -0.103 e. The molecule has 0 radical (unpaired) electrons. The van der Waals surface area contributed by atoms with E-state index in [1.807, 2.05) is 6.08 Å². The van der Waals surface area contributed by atoms with Gasteiger partial charge in [-0.3, -0.25) is 0 Å². The molecule has 1 fully saturated rings. The van der Waals surface area contributed by atoms with Crippen molar-refractivity contribution in [1.82, 2.24) is 0 Å². The quantitative estimate of drug-likeness (QED) is 0.397. The second kappa shape index (κ2) is 3.49. The van der Waals surface area contributed by atoms with E-state index in [4.69, 9.17) is 0 Å². The van der Waals surface area contributed by atoms with Gasteiger partial charge in [-0.1, -0.05) is 17.7 Å². The van der Waals surface area contributed by atoms with Crippen LogP contribution in [-0.4, -0.2) is 0 Å². The van der Waals surface area contributed by atoms with Crippen LogP contribution in [-0.2, 0) is 0 Å². The van der Waals surface area contributed by atoms with Gasteiger partial charge in [0.2, 0.25) is 0 Å². The van der Waals surface area contributed by atoms with Crippen molar-refractivity contribution in [3.05, 3.63) is 24.3 Å². The molecule has 0 nitrogen and oxygen atoms in total. The summed E-state index contributed by atoms with van der Waals surface area (Å²) in [6, 6.07) is 0. The van der Waals surface area contributed by atoms with Crippen molar-refractivity contribution in [3.63, 3.8) is 0 Å². The third kappa shape index (κ3) is 3.12. The summed E-state index contributed by atoms with van der Waals surface area (Å²) in [7, 11) is 0. The van der Waals surface area contributed by atoms with E-state index >= 15 is 0 Å². The highest BCUT2D eigenvalue weighted by molar-refractivity contribution is 5.15. The lowest BCUT2D eigenvalue weighted by molar-refractivity contribution is 0.868. The van der Waals surface area contributed by atoms with E-state index in [2.05, 4.69) is 12.7 Å². The molecule has 0 aliphatic heterocycles. The largest absolute Gasteiger partial charge is 0.103 e. The minimum absolute atomic E-state index is 1.17. The van der Waals surface area contributed by atoms with Gasteiger partial charge in [0.25, 0.3) is 0 Å². The van der Waals surface area contributed by atoms with Crippen molar-refractivity contribution in [2.24, 2.45) is 0 Å². The molecular weight excluding hydrogens is 108 g/mol. The zero-order valence-electron chi connectivity index (χ0n) is 5.90. The SMILES string of the molecule is C=CCCCC=C1CC1. The lowest BCUT2D eigenvalue weighted by Crippen LogP contribution is -1.66. The molecule has 0 aromatic carbocycles. The first-order chi connectivity index (χ1) is 4.43. The second-order valence-corrected chi connectivity index (χ2v) is 2.58. The lowest BCUT2D eigenvalue weighted by Gasteiger charge is -1.86. The Hall–Kier alpha value is -0.520. The molecule has 0 aromatic rings. The summed E-state index contributed by atoms with van der Waals surface area (Å²) in [6.07, 6.45) is 10.8. The Morgan fingerprint density at radius 2 is 2.11 bits per heavy atom. The molecule has 0 saturated heterocycles. The van der Waals surface area contributed by atoms with Gasteiger partial charge in [-0.2, -0.15) is 0 Å². The lowest BCUT2D eigenvalue weighted by atomic mass is 10.2. The maximum atomic E-state index is 3.67. The Labute approximate surface area is 57.3 Å². The molecule has 1 rings (SSSR count). The van der Waals surface area contributed by atoms with Gasteiger partial charge in [0, 0.05) is 0 Å². The van der Waals surface area contributed by atoms with Crippen LogP contribution in [0.3, 0.4) is 0 Å². The smallest absolute Gasteiger partial charge is 0.0283 e. The highest BCUT2D eigenvalue weighted by atomic mass is 14.1. The predicted molar refractivity (Wildman–Crippen MR) is 41.4 cm³/mol. The monoisotopic (exact) mass is 122 g/mol. The number of hydrogen-bond donors (Lipinski definition) is 0. The van der Waals surface area contributed by atoms with Gasteiger partial charge in [0.1, 0.15) is 0 Å². The topological polar surface area (TPSA) is 0 Å². The molecule has 50 valence electrons. The summed E-state index contributed by atoms with van der Waals surface area (Å²) in [5.74, 6) is 0. The molecule has 0 bridgehead atoms. The molecule has 9 heavy (non-hydrogen) atoms. The van der Waals surface area contributed by atoms with Gasteiger partial charge in [0.15, 0.2) is 0 Å². The number of allylic oxidation sites excluding steroid dienone is 3. The summed E-state index contributed by atoms with van der Waals surface area (Å²) in [6.45, 7) is 3.67. The average Bonchev–Trinajstić information content (AvgIpc) is 2.63. The van der Waals surface area contributed by atoms with Crippen LogP contribution < -0.4 is 0 Å². The highest BCUT2D eigenvalue weighted by Crippen LogP contribution is 2.28. The van der Waals surface area contributed by atoms with E-state index in [0.717, 1.165) is 0 Å². The first-order valence-electron chi connectivity index (χ1n) is 3.72. The van der Waals surface area contributed by atoms with Crippen LogP contribution in [0.4, 0.5) is 0 Å². The van der Waals surface area contributed by atoms with Gasteiger partial charge in [-0.05, 0) is 32.1 Å². The predicted octanol–water partition coefficient (Wildman–Crippen LogP) is 3.06. The van der Waals surface area contributed by atoms with E-state index in [1.165, 1.54) is 32.1 Å². The van der Waals surface area contributed by atoms with E-state index in [0.29, 0.717) is 0 Å². The fraction of sp³-hybridized carbons (Fsp3) is 0.556. The third-order valence-corrected chi connectivity index (χ3v) is 1.58. The number of unbranched alkanes of at least 4 members (excludes halogenated alkanes) is 2. The van der Waals surface area contributed by atoms with Gasteiger partial charge >= 0.3 is 0 Å². The number of rotatable bonds is 4. The molecule has 0 atom stereocenters. The Balaban J connectivity index is 1.92. The first-order valence-corrected chi connectivity index (χ1v) is 3.72. The molecular formula is C9H14. The molecule has 0 spiro atoms. The van der Waals surface area contributed by atoms with Crippen LogP contribution in [0.15, 0.2) is 24.3 Å². The standard InChI is InChI=1S/C9H14/c1-2-3-4-5-6-9-7-8-9/h2,6H,1,3-5,7-8H2. The van der Waals surface area contributed by atoms with Crippen molar-refractivity contribution < 1.29 is 0 Å². The van der Waals surface area contributed by atoms with Gasteiger partial charge in [0.05, 0.1) is 0 Å². The molecule has 0 unspecified atom stereocenters. The van der Waals surface area contributed by atoms with Gasteiger partial charge in [-0.15, -0.1) is 6.58 Å². The van der Waals surface area contributed by atoms with Crippen LogP contribution in [0.2, 0.25) is 0 Å². The molecule has 1 aliphatic carbocycles. The summed E-state index contributed by atoms with van der Waals surface area (Å²) >= 11 is 0. The molecule has 0 heteroatoms. The maximum absolute atomic E-state index is 3.67. The van der Waals surface area contributed by atoms with Gasteiger partial charge < -0.3 is 0 Å². The second-order valence-electron chi connectivity index (χ2n) is 2.58. The van der Waals surface area contributed by atoms with Crippen molar-refractivity contribution >= 4 is 0 Å². The molecule has 1 aliphatic rings. The van der Waals surface area contributed by atoms with Crippen LogP contribution in [0, 0.1) is 0 Å². The van der Waals surface area contributed by atoms with Gasteiger partial charge in [-0.25, -0.2) is 0 Å². The van der Waals surface area contributed by atoms with Crippen LogP contribution in [0.5, 0.6) is 0 Å². The Morgan fingerprint density at radius 1 is 1.33 bits per heavy atom. The highest BCUT2D eigenvalue weighted by Gasteiger charge is 2.08. The Bertz CT molecular complexity index is 114.